The molecule has 0 aliphatic carbocycles. The van der Waals surface area contributed by atoms with E-state index in [0.717, 1.165) is 12.1 Å². The molecule has 0 saturated heterocycles. The van der Waals surface area contributed by atoms with Gasteiger partial charge in [-0.25, -0.2) is 13.1 Å². The Morgan fingerprint density at radius 1 is 1.28 bits per heavy atom. The van der Waals surface area contributed by atoms with Crippen LogP contribution in [0, 0.1) is 0 Å². The number of nitrogens with one attached hydrogen (secondary N) is 1. The van der Waals surface area contributed by atoms with E-state index in [1.807, 2.05) is 0 Å². The Kier molecular flexibility index (Phi) is 4.37. The average Bonchev–Trinajstić information content (AvgIpc) is 2.22. The molecule has 0 aromatic heterocycles. The molecule has 0 heterocycles. The van der Waals surface area contributed by atoms with Crippen LogP contribution in [0.2, 0.25) is 10.0 Å². The number of nitrogens with two attached hydrogens (primary N) is 1. The third-order valence-corrected chi connectivity index (χ3v) is 4.14. The minimum atomic E-state index is -4.67. The van der Waals surface area contributed by atoms with E-state index in [0.29, 0.717) is 0 Å². The van der Waals surface area contributed by atoms with Gasteiger partial charge in [-0.15, -0.1) is 0 Å². The van der Waals surface area contributed by atoms with Crippen LogP contribution in [0.1, 0.15) is 0 Å². The molecule has 1 rings (SSSR count). The lowest BCUT2D eigenvalue weighted by Crippen LogP contribution is -2.33. The quantitative estimate of drug-likeness (QED) is 0.839. The van der Waals surface area contributed by atoms with Crippen molar-refractivity contribution in [2.45, 2.75) is 11.1 Å². The van der Waals surface area contributed by atoms with Gasteiger partial charge >= 0.3 is 6.18 Å². The van der Waals surface area contributed by atoms with E-state index in [2.05, 4.69) is 0 Å². The van der Waals surface area contributed by atoms with Gasteiger partial charge in [0.25, 0.3) is 0 Å². The Balaban J connectivity index is 3.11. The van der Waals surface area contributed by atoms with Crippen molar-refractivity contribution in [2.24, 2.45) is 0 Å². The lowest BCUT2D eigenvalue weighted by Gasteiger charge is -2.11. The predicted molar refractivity (Wildman–Crippen MR) is 62.1 cm³/mol. The Hall–Kier alpha value is -0.700. The zero-order chi connectivity index (χ0) is 14.1. The van der Waals surface area contributed by atoms with Crippen LogP contribution in [-0.4, -0.2) is 21.1 Å². The number of alkyl halides is 3. The van der Waals surface area contributed by atoms with Crippen LogP contribution in [0.4, 0.5) is 18.9 Å². The fourth-order valence-electron chi connectivity index (χ4n) is 1.01. The molecule has 18 heavy (non-hydrogen) atoms. The lowest BCUT2D eigenvalue weighted by atomic mass is 10.3. The average molecular weight is 323 g/mol. The summed E-state index contributed by atoms with van der Waals surface area (Å²) in [7, 11) is -4.40. The number of hydrogen-bond acceptors (Lipinski definition) is 3. The monoisotopic (exact) mass is 322 g/mol. The van der Waals surface area contributed by atoms with E-state index in [4.69, 9.17) is 28.9 Å². The largest absolute Gasteiger partial charge is 0.402 e. The molecule has 102 valence electrons. The summed E-state index contributed by atoms with van der Waals surface area (Å²) in [4.78, 5) is -0.560. The Morgan fingerprint density at radius 3 is 2.33 bits per heavy atom. The third kappa shape index (κ3) is 3.64. The van der Waals surface area contributed by atoms with Gasteiger partial charge in [-0.05, 0) is 12.1 Å². The van der Waals surface area contributed by atoms with Gasteiger partial charge in [0.15, 0.2) is 0 Å². The van der Waals surface area contributed by atoms with Gasteiger partial charge in [0, 0.05) is 0 Å². The fraction of sp³-hybridized carbons (Fsp3) is 0.250. The summed E-state index contributed by atoms with van der Waals surface area (Å²) in [5, 5.41) is -0.410. The van der Waals surface area contributed by atoms with Crippen LogP contribution in [-0.2, 0) is 10.0 Å². The van der Waals surface area contributed by atoms with E-state index < -0.39 is 32.7 Å². The van der Waals surface area contributed by atoms with Crippen molar-refractivity contribution in [1.82, 2.24) is 4.72 Å². The number of sulfonamides is 1. The van der Waals surface area contributed by atoms with Gasteiger partial charge in [0.2, 0.25) is 10.0 Å². The molecule has 3 N–H and O–H groups in total. The first-order valence-corrected chi connectivity index (χ1v) is 6.58. The Labute approximate surface area is 111 Å². The molecule has 0 atom stereocenters. The van der Waals surface area contributed by atoms with E-state index in [1.54, 1.807) is 0 Å². The molecule has 4 nitrogen and oxygen atoms in total. The standard InChI is InChI=1S/C8H7Cl2F3N2O2S/c9-4-1-2-5(6(10)7(4)14)18(16,17)15-3-8(11,12)13/h1-2,15H,3,14H2. The SMILES string of the molecule is Nc1c(Cl)ccc(S(=O)(=O)NCC(F)(F)F)c1Cl. The highest BCUT2D eigenvalue weighted by Crippen LogP contribution is 2.33. The van der Waals surface area contributed by atoms with Crippen molar-refractivity contribution in [3.8, 4) is 0 Å². The number of nitrogen functional groups attached to an aromatic ring is 1. The van der Waals surface area contributed by atoms with Crippen LogP contribution < -0.4 is 10.5 Å². The highest BCUT2D eigenvalue weighted by Gasteiger charge is 2.31. The maximum absolute atomic E-state index is 11.9. The smallest absolute Gasteiger partial charge is 0.396 e. The maximum Gasteiger partial charge on any atom is 0.402 e. The van der Waals surface area contributed by atoms with Crippen molar-refractivity contribution < 1.29 is 21.6 Å². The molecule has 0 amide bonds. The highest BCUT2D eigenvalue weighted by atomic mass is 35.5. The zero-order valence-electron chi connectivity index (χ0n) is 8.55. The van der Waals surface area contributed by atoms with Crippen LogP contribution in [0.15, 0.2) is 17.0 Å². The van der Waals surface area contributed by atoms with Crippen LogP contribution in [0.3, 0.4) is 0 Å². The molecule has 0 bridgehead atoms. The molecule has 1 aromatic rings. The topological polar surface area (TPSA) is 72.2 Å². The van der Waals surface area contributed by atoms with Gasteiger partial charge < -0.3 is 5.73 Å². The van der Waals surface area contributed by atoms with Gasteiger partial charge in [0.05, 0.1) is 15.7 Å². The number of anilines is 1. The van der Waals surface area contributed by atoms with Crippen LogP contribution >= 0.6 is 23.2 Å². The minimum Gasteiger partial charge on any atom is -0.396 e. The number of benzene rings is 1. The molecule has 1 aromatic carbocycles. The van der Waals surface area contributed by atoms with Crippen molar-refractivity contribution in [3.63, 3.8) is 0 Å². The van der Waals surface area contributed by atoms with Gasteiger partial charge in [-0.1, -0.05) is 23.2 Å². The molecule has 0 unspecified atom stereocenters. The van der Waals surface area contributed by atoms with Gasteiger partial charge in [-0.2, -0.15) is 13.2 Å². The van der Waals surface area contributed by atoms with E-state index >= 15 is 0 Å². The van der Waals surface area contributed by atoms with Crippen molar-refractivity contribution >= 4 is 38.9 Å². The first-order valence-electron chi connectivity index (χ1n) is 4.34. The Morgan fingerprint density at radius 2 is 1.83 bits per heavy atom. The normalized spacial score (nSPS) is 12.7. The van der Waals surface area contributed by atoms with Crippen LogP contribution in [0.5, 0.6) is 0 Å². The number of hydrogen-bond donors (Lipinski definition) is 2. The molecular weight excluding hydrogens is 316 g/mol. The summed E-state index contributed by atoms with van der Waals surface area (Å²) in [5.74, 6) is 0. The summed E-state index contributed by atoms with van der Waals surface area (Å²) in [6, 6.07) is 2.10. The van der Waals surface area contributed by atoms with E-state index in [-0.39, 0.29) is 10.7 Å². The second-order valence-corrected chi connectivity index (χ2v) is 5.73. The summed E-state index contributed by atoms with van der Waals surface area (Å²) >= 11 is 11.2. The van der Waals surface area contributed by atoms with E-state index in [9.17, 15) is 21.6 Å². The summed E-state index contributed by atoms with van der Waals surface area (Å²) < 4.78 is 60.3. The number of rotatable bonds is 3. The summed E-state index contributed by atoms with van der Waals surface area (Å²) in [5.41, 5.74) is 5.17. The maximum atomic E-state index is 11.9. The van der Waals surface area contributed by atoms with Crippen molar-refractivity contribution in [2.75, 3.05) is 12.3 Å². The van der Waals surface area contributed by atoms with Crippen molar-refractivity contribution in [3.05, 3.63) is 22.2 Å². The fourth-order valence-corrected chi connectivity index (χ4v) is 2.79. The molecule has 0 saturated carbocycles. The molecule has 10 heteroatoms. The Bertz CT molecular complexity index is 560. The number of halogens is 5. The second-order valence-electron chi connectivity index (χ2n) is 3.21. The van der Waals surface area contributed by atoms with Gasteiger partial charge in [-0.3, -0.25) is 0 Å². The first-order chi connectivity index (χ1) is 8.04. The predicted octanol–water partition coefficient (Wildman–Crippen LogP) is 2.42. The minimum absolute atomic E-state index is 0.00905. The van der Waals surface area contributed by atoms with Gasteiger partial charge in [0.1, 0.15) is 11.4 Å². The zero-order valence-corrected chi connectivity index (χ0v) is 10.9. The molecule has 0 aliphatic heterocycles. The summed E-state index contributed by atoms with van der Waals surface area (Å²) in [6.07, 6.45) is -4.67. The van der Waals surface area contributed by atoms with Crippen LogP contribution in [0.25, 0.3) is 0 Å². The first kappa shape index (κ1) is 15.4. The van der Waals surface area contributed by atoms with Crippen molar-refractivity contribution in [1.29, 1.82) is 0 Å². The second kappa shape index (κ2) is 5.12. The molecule has 0 aliphatic rings. The third-order valence-electron chi connectivity index (χ3n) is 1.84. The molecule has 0 spiro atoms. The molecular formula is C8H7Cl2F3N2O2S. The van der Waals surface area contributed by atoms with E-state index in [1.165, 1.54) is 4.72 Å². The molecule has 0 radical (unpaired) electrons. The lowest BCUT2D eigenvalue weighted by molar-refractivity contribution is -0.121. The summed E-state index contributed by atoms with van der Waals surface area (Å²) in [6.45, 7) is -1.70. The molecule has 0 fully saturated rings. The highest BCUT2D eigenvalue weighted by molar-refractivity contribution is 7.89.